The Morgan fingerprint density at radius 3 is 2.27 bits per heavy atom. The highest BCUT2D eigenvalue weighted by Crippen LogP contribution is 2.18. The summed E-state index contributed by atoms with van der Waals surface area (Å²) in [5.41, 5.74) is 1.64. The van der Waals surface area contributed by atoms with Gasteiger partial charge < -0.3 is 10.4 Å². The van der Waals surface area contributed by atoms with Crippen molar-refractivity contribution in [3.63, 3.8) is 0 Å². The normalized spacial score (nSPS) is 12.2. The van der Waals surface area contributed by atoms with Gasteiger partial charge in [0.05, 0.1) is 5.92 Å². The molecule has 0 radical (unpaired) electrons. The SMILES string of the molecule is CC(C(=O)O)c1ccc(NC(=O)c2ccn(C(C)C)n2)cc1. The molecule has 1 unspecified atom stereocenters. The molecule has 0 bridgehead atoms. The lowest BCUT2D eigenvalue weighted by Crippen LogP contribution is -2.14. The minimum atomic E-state index is -0.879. The van der Waals surface area contributed by atoms with Crippen molar-refractivity contribution in [2.24, 2.45) is 0 Å². The first-order valence-corrected chi connectivity index (χ1v) is 7.07. The lowest BCUT2D eigenvalue weighted by atomic mass is 10.0. The van der Waals surface area contributed by atoms with Crippen LogP contribution in [0.3, 0.4) is 0 Å². The van der Waals surface area contributed by atoms with Gasteiger partial charge in [-0.05, 0) is 44.5 Å². The highest BCUT2D eigenvalue weighted by molar-refractivity contribution is 6.02. The van der Waals surface area contributed by atoms with E-state index in [4.69, 9.17) is 5.11 Å². The fourth-order valence-electron chi connectivity index (χ4n) is 1.94. The Balaban J connectivity index is 2.06. The maximum atomic E-state index is 12.1. The average molecular weight is 301 g/mol. The Morgan fingerprint density at radius 1 is 1.14 bits per heavy atom. The second-order valence-corrected chi connectivity index (χ2v) is 5.41. The molecule has 0 fully saturated rings. The van der Waals surface area contributed by atoms with Gasteiger partial charge >= 0.3 is 5.97 Å². The largest absolute Gasteiger partial charge is 0.481 e. The third-order valence-electron chi connectivity index (χ3n) is 3.41. The zero-order valence-electron chi connectivity index (χ0n) is 12.8. The van der Waals surface area contributed by atoms with Gasteiger partial charge in [0.15, 0.2) is 5.69 Å². The van der Waals surface area contributed by atoms with Crippen molar-refractivity contribution in [1.29, 1.82) is 0 Å². The summed E-state index contributed by atoms with van der Waals surface area (Å²) in [6, 6.07) is 8.62. The van der Waals surface area contributed by atoms with E-state index in [0.29, 0.717) is 16.9 Å². The van der Waals surface area contributed by atoms with E-state index in [0.717, 1.165) is 0 Å². The maximum absolute atomic E-state index is 12.1. The van der Waals surface area contributed by atoms with Gasteiger partial charge in [0.2, 0.25) is 0 Å². The van der Waals surface area contributed by atoms with Crippen LogP contribution in [-0.2, 0) is 4.79 Å². The smallest absolute Gasteiger partial charge is 0.310 e. The fourth-order valence-corrected chi connectivity index (χ4v) is 1.94. The number of benzene rings is 1. The van der Waals surface area contributed by atoms with E-state index in [2.05, 4.69) is 10.4 Å². The average Bonchev–Trinajstić information content (AvgIpc) is 2.97. The predicted molar refractivity (Wildman–Crippen MR) is 83.1 cm³/mol. The summed E-state index contributed by atoms with van der Waals surface area (Å²) in [4.78, 5) is 23.0. The molecule has 116 valence electrons. The number of aromatic nitrogens is 2. The number of hydrogen-bond acceptors (Lipinski definition) is 3. The molecule has 6 nitrogen and oxygen atoms in total. The van der Waals surface area contributed by atoms with Crippen LogP contribution in [-0.4, -0.2) is 26.8 Å². The van der Waals surface area contributed by atoms with Crippen molar-refractivity contribution in [1.82, 2.24) is 9.78 Å². The Morgan fingerprint density at radius 2 is 1.77 bits per heavy atom. The van der Waals surface area contributed by atoms with E-state index >= 15 is 0 Å². The van der Waals surface area contributed by atoms with E-state index in [1.807, 2.05) is 13.8 Å². The molecule has 1 amide bonds. The van der Waals surface area contributed by atoms with Crippen molar-refractivity contribution >= 4 is 17.6 Å². The molecular formula is C16H19N3O3. The molecule has 1 atom stereocenters. The van der Waals surface area contributed by atoms with Gasteiger partial charge in [0.1, 0.15) is 0 Å². The first kappa shape index (κ1) is 15.8. The molecule has 0 saturated heterocycles. The number of nitrogens with one attached hydrogen (secondary N) is 1. The molecule has 0 saturated carbocycles. The first-order valence-electron chi connectivity index (χ1n) is 7.07. The fraction of sp³-hybridized carbons (Fsp3) is 0.312. The summed E-state index contributed by atoms with van der Waals surface area (Å²) >= 11 is 0. The second kappa shape index (κ2) is 6.43. The van der Waals surface area contributed by atoms with Gasteiger partial charge in [0, 0.05) is 17.9 Å². The maximum Gasteiger partial charge on any atom is 0.310 e. The third kappa shape index (κ3) is 3.52. The number of carbonyl (C=O) groups excluding carboxylic acids is 1. The molecule has 2 N–H and O–H groups in total. The van der Waals surface area contributed by atoms with Crippen LogP contribution in [0.5, 0.6) is 0 Å². The highest BCUT2D eigenvalue weighted by atomic mass is 16.4. The summed E-state index contributed by atoms with van der Waals surface area (Å²) in [6.45, 7) is 5.59. The summed E-state index contributed by atoms with van der Waals surface area (Å²) in [5.74, 6) is -1.75. The number of carboxylic acids is 1. The molecule has 22 heavy (non-hydrogen) atoms. The molecule has 1 heterocycles. The van der Waals surface area contributed by atoms with Crippen LogP contribution in [0.25, 0.3) is 0 Å². The molecule has 0 spiro atoms. The van der Waals surface area contributed by atoms with Crippen LogP contribution in [0, 0.1) is 0 Å². The predicted octanol–water partition coefficient (Wildman–Crippen LogP) is 2.90. The monoisotopic (exact) mass is 301 g/mol. The molecule has 0 aliphatic carbocycles. The molecule has 1 aromatic carbocycles. The Kier molecular flexibility index (Phi) is 4.60. The first-order chi connectivity index (χ1) is 10.4. The summed E-state index contributed by atoms with van der Waals surface area (Å²) < 4.78 is 1.71. The minimum absolute atomic E-state index is 0.193. The van der Waals surface area contributed by atoms with Crippen molar-refractivity contribution in [3.05, 3.63) is 47.8 Å². The van der Waals surface area contributed by atoms with Crippen LogP contribution < -0.4 is 5.32 Å². The lowest BCUT2D eigenvalue weighted by molar-refractivity contribution is -0.138. The van der Waals surface area contributed by atoms with E-state index in [9.17, 15) is 9.59 Å². The zero-order chi connectivity index (χ0) is 16.3. The number of amides is 1. The lowest BCUT2D eigenvalue weighted by Gasteiger charge is -2.08. The topological polar surface area (TPSA) is 84.2 Å². The van der Waals surface area contributed by atoms with Crippen LogP contribution in [0.4, 0.5) is 5.69 Å². The van der Waals surface area contributed by atoms with Crippen LogP contribution in [0.2, 0.25) is 0 Å². The van der Waals surface area contributed by atoms with Crippen LogP contribution >= 0.6 is 0 Å². The van der Waals surface area contributed by atoms with Crippen molar-refractivity contribution in [2.45, 2.75) is 32.7 Å². The number of carboxylic acid groups (broad SMARTS) is 1. The van der Waals surface area contributed by atoms with E-state index < -0.39 is 11.9 Å². The van der Waals surface area contributed by atoms with Gasteiger partial charge in [-0.3, -0.25) is 14.3 Å². The van der Waals surface area contributed by atoms with Crippen molar-refractivity contribution in [2.75, 3.05) is 5.32 Å². The molecule has 2 rings (SSSR count). The Labute approximate surface area is 128 Å². The van der Waals surface area contributed by atoms with Gasteiger partial charge in [-0.25, -0.2) is 0 Å². The summed E-state index contributed by atoms with van der Waals surface area (Å²) in [6.07, 6.45) is 1.76. The van der Waals surface area contributed by atoms with Gasteiger partial charge in [-0.15, -0.1) is 0 Å². The van der Waals surface area contributed by atoms with Crippen LogP contribution in [0.1, 0.15) is 48.8 Å². The highest BCUT2D eigenvalue weighted by Gasteiger charge is 2.14. The van der Waals surface area contributed by atoms with E-state index in [1.54, 1.807) is 48.1 Å². The Bertz CT molecular complexity index is 674. The van der Waals surface area contributed by atoms with Gasteiger partial charge in [-0.1, -0.05) is 12.1 Å². The number of carbonyl (C=O) groups is 2. The number of hydrogen-bond donors (Lipinski definition) is 2. The number of rotatable bonds is 5. The number of aliphatic carboxylic acids is 1. The quantitative estimate of drug-likeness (QED) is 0.889. The van der Waals surface area contributed by atoms with Crippen LogP contribution in [0.15, 0.2) is 36.5 Å². The number of anilines is 1. The van der Waals surface area contributed by atoms with Crippen molar-refractivity contribution < 1.29 is 14.7 Å². The van der Waals surface area contributed by atoms with Crippen molar-refractivity contribution in [3.8, 4) is 0 Å². The molecule has 1 aromatic heterocycles. The molecule has 0 aliphatic rings. The molecule has 6 heteroatoms. The zero-order valence-corrected chi connectivity index (χ0v) is 12.8. The summed E-state index contributed by atoms with van der Waals surface area (Å²) in [7, 11) is 0. The molecule has 2 aromatic rings. The van der Waals surface area contributed by atoms with E-state index in [-0.39, 0.29) is 11.9 Å². The van der Waals surface area contributed by atoms with Gasteiger partial charge in [0.25, 0.3) is 5.91 Å². The standard InChI is InChI=1S/C16H19N3O3/c1-10(2)19-9-8-14(18-19)15(20)17-13-6-4-12(5-7-13)11(3)16(21)22/h4-11H,1-3H3,(H,17,20)(H,21,22). The Hall–Kier alpha value is -2.63. The minimum Gasteiger partial charge on any atom is -0.481 e. The second-order valence-electron chi connectivity index (χ2n) is 5.41. The summed E-state index contributed by atoms with van der Waals surface area (Å²) in [5, 5.41) is 15.9. The third-order valence-corrected chi connectivity index (χ3v) is 3.41. The molecule has 0 aliphatic heterocycles. The van der Waals surface area contributed by atoms with E-state index in [1.165, 1.54) is 0 Å². The molecular weight excluding hydrogens is 282 g/mol. The van der Waals surface area contributed by atoms with Gasteiger partial charge in [-0.2, -0.15) is 5.10 Å². The number of nitrogens with zero attached hydrogens (tertiary/aromatic N) is 2.